The molecule has 3 aromatic rings. The van der Waals surface area contributed by atoms with Gasteiger partial charge in [0.2, 0.25) is 0 Å². The summed E-state index contributed by atoms with van der Waals surface area (Å²) in [7, 11) is 0. The van der Waals surface area contributed by atoms with Gasteiger partial charge in [-0.15, -0.1) is 0 Å². The Balaban J connectivity index is 1.54. The van der Waals surface area contributed by atoms with Gasteiger partial charge in [-0.05, 0) is 55.5 Å². The summed E-state index contributed by atoms with van der Waals surface area (Å²) in [6.07, 6.45) is 0. The number of ether oxygens (including phenoxy) is 1. The average Bonchev–Trinajstić information content (AvgIpc) is 3.17. The molecule has 7 heteroatoms. The molecule has 1 N–H and O–H groups in total. The van der Waals surface area contributed by atoms with E-state index in [9.17, 15) is 4.79 Å². The van der Waals surface area contributed by atoms with Crippen molar-refractivity contribution >= 4 is 17.3 Å². The number of carbonyl (C=O) groups is 1. The van der Waals surface area contributed by atoms with E-state index >= 15 is 0 Å². The third-order valence-electron chi connectivity index (χ3n) is 4.79. The van der Waals surface area contributed by atoms with E-state index in [0.29, 0.717) is 22.6 Å². The molecule has 1 aromatic heterocycles. The normalized spacial score (nSPS) is 13.7. The molecule has 0 saturated carbocycles. The van der Waals surface area contributed by atoms with Crippen LogP contribution >= 0.6 is 0 Å². The summed E-state index contributed by atoms with van der Waals surface area (Å²) in [6.45, 7) is 5.03. The molecule has 1 aliphatic heterocycles. The molecule has 1 saturated heterocycles. The number of anilines is 2. The number of nitrogens with zero attached hydrogens (tertiary/aromatic N) is 4. The smallest absolute Gasteiger partial charge is 0.274 e. The second kappa shape index (κ2) is 8.17. The number of nitriles is 1. The molecule has 0 radical (unpaired) electrons. The Morgan fingerprint density at radius 1 is 1.10 bits per heavy atom. The lowest BCUT2D eigenvalue weighted by Gasteiger charge is -2.28. The lowest BCUT2D eigenvalue weighted by Crippen LogP contribution is -2.36. The van der Waals surface area contributed by atoms with Crippen LogP contribution in [0, 0.1) is 18.3 Å². The minimum Gasteiger partial charge on any atom is -0.378 e. The Bertz CT molecular complexity index is 1060. The van der Waals surface area contributed by atoms with Crippen LogP contribution in [0.15, 0.2) is 54.6 Å². The van der Waals surface area contributed by atoms with Crippen molar-refractivity contribution in [1.82, 2.24) is 9.78 Å². The highest BCUT2D eigenvalue weighted by atomic mass is 16.5. The van der Waals surface area contributed by atoms with Crippen LogP contribution < -0.4 is 10.2 Å². The van der Waals surface area contributed by atoms with Gasteiger partial charge in [-0.2, -0.15) is 10.4 Å². The number of aromatic nitrogens is 2. The summed E-state index contributed by atoms with van der Waals surface area (Å²) in [5, 5.41) is 16.5. The minimum atomic E-state index is -0.257. The monoisotopic (exact) mass is 387 g/mol. The Labute approximate surface area is 169 Å². The number of amides is 1. The quantitative estimate of drug-likeness (QED) is 0.744. The van der Waals surface area contributed by atoms with Gasteiger partial charge in [-0.1, -0.05) is 6.07 Å². The van der Waals surface area contributed by atoms with Gasteiger partial charge in [0.25, 0.3) is 5.91 Å². The second-order valence-corrected chi connectivity index (χ2v) is 6.85. The van der Waals surface area contributed by atoms with E-state index in [1.807, 2.05) is 37.3 Å². The van der Waals surface area contributed by atoms with E-state index in [-0.39, 0.29) is 5.91 Å². The number of nitrogens with one attached hydrogen (secondary N) is 1. The molecule has 29 heavy (non-hydrogen) atoms. The van der Waals surface area contributed by atoms with Gasteiger partial charge >= 0.3 is 0 Å². The maximum Gasteiger partial charge on any atom is 0.274 e. The number of hydrogen-bond donors (Lipinski definition) is 1. The second-order valence-electron chi connectivity index (χ2n) is 6.85. The molecule has 0 spiro atoms. The first-order chi connectivity index (χ1) is 14.1. The molecule has 0 aliphatic carbocycles. The lowest BCUT2D eigenvalue weighted by atomic mass is 10.2. The van der Waals surface area contributed by atoms with E-state index in [0.717, 1.165) is 37.7 Å². The van der Waals surface area contributed by atoms with Crippen LogP contribution in [0.5, 0.6) is 0 Å². The van der Waals surface area contributed by atoms with Gasteiger partial charge < -0.3 is 15.0 Å². The molecule has 0 atom stereocenters. The van der Waals surface area contributed by atoms with Crippen LogP contribution in [0.25, 0.3) is 5.69 Å². The average molecular weight is 387 g/mol. The van der Waals surface area contributed by atoms with Crippen molar-refractivity contribution in [2.75, 3.05) is 36.5 Å². The first kappa shape index (κ1) is 18.7. The number of morpholine rings is 1. The number of carbonyl (C=O) groups excluding carboxylic acids is 1. The molecule has 4 rings (SSSR count). The van der Waals surface area contributed by atoms with Crippen molar-refractivity contribution in [2.24, 2.45) is 0 Å². The molecule has 0 bridgehead atoms. The van der Waals surface area contributed by atoms with Gasteiger partial charge in [0.15, 0.2) is 0 Å². The number of benzene rings is 2. The van der Waals surface area contributed by atoms with Crippen LogP contribution in [0.4, 0.5) is 11.4 Å². The Kier molecular flexibility index (Phi) is 5.27. The third-order valence-corrected chi connectivity index (χ3v) is 4.79. The fourth-order valence-corrected chi connectivity index (χ4v) is 3.34. The fourth-order valence-electron chi connectivity index (χ4n) is 3.34. The topological polar surface area (TPSA) is 83.2 Å². The summed E-state index contributed by atoms with van der Waals surface area (Å²) < 4.78 is 6.95. The molecular formula is C22H21N5O2. The van der Waals surface area contributed by atoms with Crippen molar-refractivity contribution in [3.8, 4) is 11.8 Å². The predicted molar refractivity (Wildman–Crippen MR) is 110 cm³/mol. The van der Waals surface area contributed by atoms with Crippen molar-refractivity contribution in [3.63, 3.8) is 0 Å². The van der Waals surface area contributed by atoms with E-state index in [2.05, 4.69) is 21.4 Å². The summed E-state index contributed by atoms with van der Waals surface area (Å²) in [5.41, 5.74) is 4.14. The van der Waals surface area contributed by atoms with Crippen LogP contribution in [0.3, 0.4) is 0 Å². The zero-order valence-corrected chi connectivity index (χ0v) is 16.1. The fraction of sp³-hybridized carbons (Fsp3) is 0.227. The standard InChI is InChI=1S/C22H21N5O2/c1-16-13-21(27(25-16)20-4-2-3-17(14-20)15-23)22(28)24-18-5-7-19(8-6-18)26-9-11-29-12-10-26/h2-8,13-14H,9-12H2,1H3,(H,24,28). The largest absolute Gasteiger partial charge is 0.378 e. The summed E-state index contributed by atoms with van der Waals surface area (Å²) in [6, 6.07) is 18.7. The molecule has 2 heterocycles. The summed E-state index contributed by atoms with van der Waals surface area (Å²) in [4.78, 5) is 15.2. The molecule has 1 fully saturated rings. The van der Waals surface area contributed by atoms with E-state index in [1.165, 1.54) is 0 Å². The maximum absolute atomic E-state index is 12.9. The lowest BCUT2D eigenvalue weighted by molar-refractivity contribution is 0.101. The highest BCUT2D eigenvalue weighted by molar-refractivity contribution is 6.03. The van der Waals surface area contributed by atoms with Crippen molar-refractivity contribution in [1.29, 1.82) is 5.26 Å². The van der Waals surface area contributed by atoms with E-state index in [1.54, 1.807) is 28.9 Å². The Morgan fingerprint density at radius 3 is 2.59 bits per heavy atom. The van der Waals surface area contributed by atoms with Gasteiger partial charge in [0, 0.05) is 24.5 Å². The molecule has 1 amide bonds. The highest BCUT2D eigenvalue weighted by Crippen LogP contribution is 2.20. The van der Waals surface area contributed by atoms with Gasteiger partial charge in [0.1, 0.15) is 5.69 Å². The summed E-state index contributed by atoms with van der Waals surface area (Å²) >= 11 is 0. The first-order valence-electron chi connectivity index (χ1n) is 9.45. The van der Waals surface area contributed by atoms with Crippen LogP contribution in [0.2, 0.25) is 0 Å². The van der Waals surface area contributed by atoms with Crippen LogP contribution in [-0.4, -0.2) is 42.0 Å². The van der Waals surface area contributed by atoms with Crippen molar-refractivity contribution in [2.45, 2.75) is 6.92 Å². The molecular weight excluding hydrogens is 366 g/mol. The summed E-state index contributed by atoms with van der Waals surface area (Å²) in [5.74, 6) is -0.257. The van der Waals surface area contributed by atoms with Crippen molar-refractivity contribution < 1.29 is 9.53 Å². The highest BCUT2D eigenvalue weighted by Gasteiger charge is 2.16. The number of rotatable bonds is 4. The first-order valence-corrected chi connectivity index (χ1v) is 9.45. The maximum atomic E-state index is 12.9. The predicted octanol–water partition coefficient (Wildman–Crippen LogP) is 3.14. The molecule has 7 nitrogen and oxygen atoms in total. The molecule has 2 aromatic carbocycles. The van der Waals surface area contributed by atoms with E-state index < -0.39 is 0 Å². The van der Waals surface area contributed by atoms with Gasteiger partial charge in [-0.3, -0.25) is 4.79 Å². The van der Waals surface area contributed by atoms with Crippen LogP contribution in [0.1, 0.15) is 21.7 Å². The molecule has 146 valence electrons. The zero-order valence-electron chi connectivity index (χ0n) is 16.1. The third kappa shape index (κ3) is 4.13. The van der Waals surface area contributed by atoms with Crippen molar-refractivity contribution in [3.05, 3.63) is 71.5 Å². The molecule has 0 unspecified atom stereocenters. The number of aryl methyl sites for hydroxylation is 1. The minimum absolute atomic E-state index is 0.257. The number of hydrogen-bond acceptors (Lipinski definition) is 5. The van der Waals surface area contributed by atoms with E-state index in [4.69, 9.17) is 10.00 Å². The van der Waals surface area contributed by atoms with Gasteiger partial charge in [0.05, 0.1) is 36.2 Å². The Morgan fingerprint density at radius 2 is 1.86 bits per heavy atom. The SMILES string of the molecule is Cc1cc(C(=O)Nc2ccc(N3CCOCC3)cc2)n(-c2cccc(C#N)c2)n1. The zero-order chi connectivity index (χ0) is 20.2. The Hall–Kier alpha value is -3.63. The van der Waals surface area contributed by atoms with Crippen LogP contribution in [-0.2, 0) is 4.74 Å². The molecule has 1 aliphatic rings. The van der Waals surface area contributed by atoms with Gasteiger partial charge in [-0.25, -0.2) is 4.68 Å².